The summed E-state index contributed by atoms with van der Waals surface area (Å²) in [5.41, 5.74) is 0.868. The minimum absolute atomic E-state index is 0.0102. The Morgan fingerprint density at radius 3 is 2.80 bits per heavy atom. The number of halogens is 1. The van der Waals surface area contributed by atoms with Gasteiger partial charge in [-0.05, 0) is 6.07 Å². The summed E-state index contributed by atoms with van der Waals surface area (Å²) in [4.78, 5) is 18.1. The molecule has 3 aliphatic heterocycles. The summed E-state index contributed by atoms with van der Waals surface area (Å²) in [5, 5.41) is 14.4. The fourth-order valence-electron chi connectivity index (χ4n) is 4.18. The van der Waals surface area contributed by atoms with Crippen LogP contribution in [0.2, 0.25) is 5.02 Å². The number of hydrogen-bond acceptors (Lipinski definition) is 8. The molecule has 0 spiro atoms. The first kappa shape index (κ1) is 21.9. The van der Waals surface area contributed by atoms with Crippen molar-refractivity contribution in [2.24, 2.45) is 0 Å². The number of aromatic nitrogens is 1. The summed E-state index contributed by atoms with van der Waals surface area (Å²) in [6, 6.07) is 1.72. The molecule has 0 unspecified atom stereocenters. The molecule has 11 heteroatoms. The predicted molar refractivity (Wildman–Crippen MR) is 109 cm³/mol. The summed E-state index contributed by atoms with van der Waals surface area (Å²) in [7, 11) is -3.03. The maximum Gasteiger partial charge on any atom is 0.225 e. The van der Waals surface area contributed by atoms with Gasteiger partial charge in [0.15, 0.2) is 9.84 Å². The van der Waals surface area contributed by atoms with Crippen molar-refractivity contribution in [3.8, 4) is 0 Å². The van der Waals surface area contributed by atoms with Crippen LogP contribution < -0.4 is 5.32 Å². The summed E-state index contributed by atoms with van der Waals surface area (Å²) < 4.78 is 34.9. The smallest absolute Gasteiger partial charge is 0.225 e. The maximum atomic E-state index is 12.5. The Labute approximate surface area is 180 Å². The lowest BCUT2D eigenvalue weighted by atomic mass is 10.1. The number of fused-ring (bicyclic) bond motifs is 1. The summed E-state index contributed by atoms with van der Waals surface area (Å²) in [6.45, 7) is 1.41. The molecule has 166 valence electrons. The number of sulfone groups is 1. The maximum absolute atomic E-state index is 12.5. The molecule has 9 nitrogen and oxygen atoms in total. The summed E-state index contributed by atoms with van der Waals surface area (Å²) in [6.07, 6.45) is 1.79. The van der Waals surface area contributed by atoms with E-state index in [1.54, 1.807) is 23.4 Å². The Kier molecular flexibility index (Phi) is 6.61. The van der Waals surface area contributed by atoms with Gasteiger partial charge in [-0.1, -0.05) is 11.6 Å². The van der Waals surface area contributed by atoms with E-state index >= 15 is 0 Å². The van der Waals surface area contributed by atoms with Crippen molar-refractivity contribution in [1.29, 1.82) is 0 Å². The molecule has 30 heavy (non-hydrogen) atoms. The summed E-state index contributed by atoms with van der Waals surface area (Å²) >= 11 is 6.11. The topological polar surface area (TPSA) is 118 Å². The monoisotopic (exact) mass is 459 g/mol. The summed E-state index contributed by atoms with van der Waals surface area (Å²) in [5.74, 6) is -0.0945. The molecule has 0 bridgehead atoms. The van der Waals surface area contributed by atoms with Crippen molar-refractivity contribution in [2.75, 3.05) is 31.1 Å². The molecule has 3 saturated heterocycles. The van der Waals surface area contributed by atoms with E-state index in [1.807, 2.05) is 0 Å². The Balaban J connectivity index is 1.22. The molecule has 0 aliphatic carbocycles. The zero-order valence-electron chi connectivity index (χ0n) is 16.4. The minimum Gasteiger partial charge on any atom is -0.388 e. The third-order valence-electron chi connectivity index (χ3n) is 5.88. The first-order valence-corrected chi connectivity index (χ1v) is 12.3. The van der Waals surface area contributed by atoms with Gasteiger partial charge >= 0.3 is 0 Å². The number of pyridine rings is 1. The second-order valence-corrected chi connectivity index (χ2v) is 10.7. The van der Waals surface area contributed by atoms with E-state index in [2.05, 4.69) is 10.3 Å². The van der Waals surface area contributed by atoms with Crippen LogP contribution in [0.15, 0.2) is 18.5 Å². The van der Waals surface area contributed by atoms with Crippen molar-refractivity contribution in [3.63, 3.8) is 0 Å². The Morgan fingerprint density at radius 2 is 2.10 bits per heavy atom. The Bertz CT molecular complexity index is 871. The fourth-order valence-corrected chi connectivity index (χ4v) is 5.56. The van der Waals surface area contributed by atoms with E-state index in [4.69, 9.17) is 21.1 Å². The standard InChI is InChI=1S/C19H26ClN3O6S/c20-14-1-2-21-9-12(14)10-22-11-16-18(25)19-15(29-16)7-13(28-19)8-17(24)23-3-5-30(26,27)6-4-23/h1-2,9,13,15-16,18-19,22,25H,3-8,10-11H2/t13-,15+,16+,18+,19-/m0/s1. The average Bonchev–Trinajstić information content (AvgIpc) is 3.22. The van der Waals surface area contributed by atoms with Gasteiger partial charge in [0.2, 0.25) is 5.91 Å². The van der Waals surface area contributed by atoms with Crippen molar-refractivity contribution < 1.29 is 27.8 Å². The number of carbonyl (C=O) groups is 1. The Morgan fingerprint density at radius 1 is 1.33 bits per heavy atom. The first-order valence-electron chi connectivity index (χ1n) is 10.1. The van der Waals surface area contributed by atoms with Crippen LogP contribution in [0.4, 0.5) is 0 Å². The van der Waals surface area contributed by atoms with Crippen LogP contribution in [-0.4, -0.2) is 91.0 Å². The van der Waals surface area contributed by atoms with Crippen LogP contribution in [0.25, 0.3) is 0 Å². The number of amides is 1. The van der Waals surface area contributed by atoms with E-state index < -0.39 is 28.1 Å². The fraction of sp³-hybridized carbons (Fsp3) is 0.684. The zero-order valence-corrected chi connectivity index (χ0v) is 18.0. The van der Waals surface area contributed by atoms with Crippen LogP contribution in [0.3, 0.4) is 0 Å². The molecule has 5 atom stereocenters. The number of carbonyl (C=O) groups excluding carboxylic acids is 1. The lowest BCUT2D eigenvalue weighted by Crippen LogP contribution is -2.44. The van der Waals surface area contributed by atoms with Gasteiger partial charge in [-0.2, -0.15) is 0 Å². The molecular formula is C19H26ClN3O6S. The predicted octanol–water partition coefficient (Wildman–Crippen LogP) is -0.242. The van der Waals surface area contributed by atoms with Gasteiger partial charge in [-0.15, -0.1) is 0 Å². The third kappa shape index (κ3) is 4.95. The highest BCUT2D eigenvalue weighted by molar-refractivity contribution is 7.91. The molecule has 3 fully saturated rings. The third-order valence-corrected chi connectivity index (χ3v) is 7.86. The quantitative estimate of drug-likeness (QED) is 0.598. The van der Waals surface area contributed by atoms with Gasteiger partial charge in [0.25, 0.3) is 0 Å². The zero-order chi connectivity index (χ0) is 21.3. The molecule has 4 rings (SSSR count). The molecule has 0 saturated carbocycles. The lowest BCUT2D eigenvalue weighted by Gasteiger charge is -2.28. The molecular weight excluding hydrogens is 434 g/mol. The average molecular weight is 460 g/mol. The van der Waals surface area contributed by atoms with Gasteiger partial charge in [-0.25, -0.2) is 8.42 Å². The minimum atomic E-state index is -3.03. The van der Waals surface area contributed by atoms with Crippen LogP contribution in [0.1, 0.15) is 18.4 Å². The molecule has 3 aliphatic rings. The molecule has 4 heterocycles. The first-order chi connectivity index (χ1) is 14.3. The number of hydrogen-bond donors (Lipinski definition) is 2. The number of aliphatic hydroxyl groups excluding tert-OH is 1. The number of ether oxygens (including phenoxy) is 2. The van der Waals surface area contributed by atoms with E-state index in [-0.39, 0.29) is 49.1 Å². The number of rotatable bonds is 6. The highest BCUT2D eigenvalue weighted by atomic mass is 35.5. The van der Waals surface area contributed by atoms with Gasteiger partial charge in [0.1, 0.15) is 12.2 Å². The van der Waals surface area contributed by atoms with E-state index in [9.17, 15) is 18.3 Å². The highest BCUT2D eigenvalue weighted by Crippen LogP contribution is 2.35. The lowest BCUT2D eigenvalue weighted by molar-refractivity contribution is -0.134. The van der Waals surface area contributed by atoms with Crippen molar-refractivity contribution in [2.45, 2.75) is 49.9 Å². The van der Waals surface area contributed by atoms with Crippen LogP contribution in [0.5, 0.6) is 0 Å². The Hall–Kier alpha value is -1.30. The normalized spacial score (nSPS) is 32.9. The second-order valence-electron chi connectivity index (χ2n) is 8.00. The molecule has 1 amide bonds. The van der Waals surface area contributed by atoms with Gasteiger partial charge in [0.05, 0.1) is 36.2 Å². The van der Waals surface area contributed by atoms with Gasteiger partial charge in [-0.3, -0.25) is 9.78 Å². The van der Waals surface area contributed by atoms with Gasteiger partial charge in [0, 0.05) is 55.6 Å². The molecule has 1 aromatic rings. The molecule has 1 aromatic heterocycles. The van der Waals surface area contributed by atoms with Crippen LogP contribution in [0, 0.1) is 0 Å². The van der Waals surface area contributed by atoms with E-state index in [0.29, 0.717) is 24.5 Å². The SMILES string of the molecule is O=C(C[C@@H]1C[C@H]2O[C@H](CNCc3cnccc3Cl)[C@@H](O)[C@H]2O1)N1CCS(=O)(=O)CC1. The molecule has 0 aromatic carbocycles. The highest BCUT2D eigenvalue weighted by Gasteiger charge is 2.50. The van der Waals surface area contributed by atoms with Crippen molar-refractivity contribution in [3.05, 3.63) is 29.0 Å². The molecule has 2 N–H and O–H groups in total. The van der Waals surface area contributed by atoms with E-state index in [1.165, 1.54) is 0 Å². The van der Waals surface area contributed by atoms with Crippen molar-refractivity contribution in [1.82, 2.24) is 15.2 Å². The molecule has 0 radical (unpaired) electrons. The number of nitrogens with zero attached hydrogens (tertiary/aromatic N) is 2. The van der Waals surface area contributed by atoms with Crippen molar-refractivity contribution >= 4 is 27.3 Å². The van der Waals surface area contributed by atoms with Crippen LogP contribution in [-0.2, 0) is 30.7 Å². The number of aliphatic hydroxyl groups is 1. The van der Waals surface area contributed by atoms with Crippen LogP contribution >= 0.6 is 11.6 Å². The largest absolute Gasteiger partial charge is 0.388 e. The number of nitrogens with one attached hydrogen (secondary N) is 1. The van der Waals surface area contributed by atoms with Gasteiger partial charge < -0.3 is 24.8 Å². The van der Waals surface area contributed by atoms with E-state index in [0.717, 1.165) is 5.56 Å². The second kappa shape index (κ2) is 9.05.